The maximum atomic E-state index is 13.1. The maximum absolute atomic E-state index is 13.1. The molecule has 3 rings (SSSR count). The van der Waals surface area contributed by atoms with Crippen molar-refractivity contribution < 1.29 is 19.1 Å². The van der Waals surface area contributed by atoms with Crippen LogP contribution in [-0.4, -0.2) is 25.5 Å². The van der Waals surface area contributed by atoms with Gasteiger partial charge in [0, 0.05) is 12.5 Å². The first-order valence-corrected chi connectivity index (χ1v) is 10.3. The first-order valence-electron chi connectivity index (χ1n) is 10.3. The van der Waals surface area contributed by atoms with E-state index < -0.39 is 6.04 Å². The number of hydrogen-bond acceptors (Lipinski definition) is 4. The summed E-state index contributed by atoms with van der Waals surface area (Å²) >= 11 is 0. The largest absolute Gasteiger partial charge is 0.493 e. The number of methoxy groups -OCH3 is 1. The van der Waals surface area contributed by atoms with Crippen molar-refractivity contribution in [3.63, 3.8) is 0 Å². The van der Waals surface area contributed by atoms with Gasteiger partial charge in [0.25, 0.3) is 5.91 Å². The Hall–Kier alpha value is -3.02. The van der Waals surface area contributed by atoms with Gasteiger partial charge in [0.05, 0.1) is 25.9 Å². The molecule has 1 N–H and O–H groups in total. The number of benzene rings is 2. The maximum Gasteiger partial charge on any atom is 0.254 e. The van der Waals surface area contributed by atoms with Crippen LogP contribution in [0.3, 0.4) is 0 Å². The number of fused-ring (bicyclic) bond motifs is 1. The molecule has 2 aromatic carbocycles. The van der Waals surface area contributed by atoms with Crippen LogP contribution in [0.15, 0.2) is 36.4 Å². The predicted octanol–water partition coefficient (Wildman–Crippen LogP) is 4.15. The van der Waals surface area contributed by atoms with E-state index in [9.17, 15) is 9.59 Å². The summed E-state index contributed by atoms with van der Waals surface area (Å²) in [6, 6.07) is 10.9. The lowest BCUT2D eigenvalue weighted by Crippen LogP contribution is -2.36. The Morgan fingerprint density at radius 1 is 1.20 bits per heavy atom. The molecule has 0 saturated heterocycles. The molecule has 0 radical (unpaired) electrons. The summed E-state index contributed by atoms with van der Waals surface area (Å²) in [7, 11) is 1.61. The molecule has 1 aliphatic heterocycles. The van der Waals surface area contributed by atoms with Gasteiger partial charge in [-0.15, -0.1) is 0 Å². The van der Waals surface area contributed by atoms with Gasteiger partial charge in [-0.3, -0.25) is 9.59 Å². The third kappa shape index (κ3) is 4.58. The van der Waals surface area contributed by atoms with Crippen LogP contribution in [0.4, 0.5) is 5.69 Å². The third-order valence-electron chi connectivity index (χ3n) is 5.23. The van der Waals surface area contributed by atoms with Gasteiger partial charge in [-0.2, -0.15) is 0 Å². The van der Waals surface area contributed by atoms with E-state index in [0.717, 1.165) is 28.8 Å². The topological polar surface area (TPSA) is 67.9 Å². The van der Waals surface area contributed by atoms with Crippen LogP contribution in [0.2, 0.25) is 0 Å². The molecule has 0 spiro atoms. The molecule has 6 nitrogen and oxygen atoms in total. The fourth-order valence-electron chi connectivity index (χ4n) is 3.70. The van der Waals surface area contributed by atoms with Crippen molar-refractivity contribution in [1.29, 1.82) is 0 Å². The summed E-state index contributed by atoms with van der Waals surface area (Å²) in [6.07, 6.45) is 0.966. The molecule has 1 heterocycles. The van der Waals surface area contributed by atoms with E-state index in [1.807, 2.05) is 43.3 Å². The Bertz CT molecular complexity index is 939. The van der Waals surface area contributed by atoms with Crippen LogP contribution in [0.25, 0.3) is 0 Å². The van der Waals surface area contributed by atoms with Crippen molar-refractivity contribution in [2.45, 2.75) is 46.7 Å². The minimum Gasteiger partial charge on any atom is -0.493 e. The lowest BCUT2D eigenvalue weighted by atomic mass is 10.0. The number of rotatable bonds is 8. The number of carbonyl (C=O) groups excluding carboxylic acids is 2. The minimum absolute atomic E-state index is 0.134. The van der Waals surface area contributed by atoms with E-state index in [2.05, 4.69) is 19.2 Å². The summed E-state index contributed by atoms with van der Waals surface area (Å²) in [4.78, 5) is 26.5. The molecule has 0 unspecified atom stereocenters. The van der Waals surface area contributed by atoms with E-state index in [-0.39, 0.29) is 11.8 Å². The number of nitrogens with one attached hydrogen (secondary N) is 1. The van der Waals surface area contributed by atoms with Crippen LogP contribution in [0, 0.1) is 12.8 Å². The minimum atomic E-state index is -0.655. The number of nitrogens with zero attached hydrogens (tertiary/aromatic N) is 1. The molecule has 2 amide bonds. The molecular weight excluding hydrogens is 380 g/mol. The number of hydrogen-bond donors (Lipinski definition) is 1. The Morgan fingerprint density at radius 2 is 1.97 bits per heavy atom. The number of aryl methyl sites for hydroxylation is 1. The number of anilines is 1. The SMILES string of the molecule is COc1cc(CN2C(=O)[C@H](NC(C)=O)c3cccc(C)c32)ccc1OCCC(C)C. The summed E-state index contributed by atoms with van der Waals surface area (Å²) in [5, 5.41) is 2.78. The summed E-state index contributed by atoms with van der Waals surface area (Å²) < 4.78 is 11.4. The van der Waals surface area contributed by atoms with Crippen LogP contribution >= 0.6 is 0 Å². The number of para-hydroxylation sites is 1. The lowest BCUT2D eigenvalue weighted by Gasteiger charge is -2.21. The second kappa shape index (κ2) is 9.20. The monoisotopic (exact) mass is 410 g/mol. The number of amides is 2. The van der Waals surface area contributed by atoms with Gasteiger partial charge in [-0.05, 0) is 42.5 Å². The summed E-state index contributed by atoms with van der Waals surface area (Å²) in [5.74, 6) is 1.54. The lowest BCUT2D eigenvalue weighted by molar-refractivity contribution is -0.126. The van der Waals surface area contributed by atoms with Crippen LogP contribution in [0.1, 0.15) is 49.9 Å². The summed E-state index contributed by atoms with van der Waals surface area (Å²) in [6.45, 7) is 8.73. The Morgan fingerprint density at radius 3 is 2.63 bits per heavy atom. The standard InChI is InChI=1S/C24H30N2O4/c1-15(2)11-12-30-20-10-9-18(13-21(20)29-5)14-26-23-16(3)7-6-8-19(23)22(24(26)28)25-17(4)27/h6-10,13,15,22H,11-12,14H2,1-5H3,(H,25,27)/t22-/m1/s1. The predicted molar refractivity (Wildman–Crippen MR) is 117 cm³/mol. The van der Waals surface area contributed by atoms with E-state index in [1.165, 1.54) is 6.92 Å². The molecule has 0 bridgehead atoms. The Balaban J connectivity index is 1.85. The highest BCUT2D eigenvalue weighted by Gasteiger charge is 2.38. The molecule has 30 heavy (non-hydrogen) atoms. The third-order valence-corrected chi connectivity index (χ3v) is 5.23. The van der Waals surface area contributed by atoms with Crippen LogP contribution in [0.5, 0.6) is 11.5 Å². The van der Waals surface area contributed by atoms with Gasteiger partial charge in [0.15, 0.2) is 11.5 Å². The van der Waals surface area contributed by atoms with Crippen molar-refractivity contribution in [3.8, 4) is 11.5 Å². The van der Waals surface area contributed by atoms with Crippen molar-refractivity contribution >= 4 is 17.5 Å². The molecule has 1 atom stereocenters. The van der Waals surface area contributed by atoms with Gasteiger partial charge < -0.3 is 19.7 Å². The normalized spacial score (nSPS) is 15.3. The molecule has 0 aromatic heterocycles. The zero-order chi connectivity index (χ0) is 21.8. The summed E-state index contributed by atoms with van der Waals surface area (Å²) in [5.41, 5.74) is 3.61. The van der Waals surface area contributed by atoms with Crippen molar-refractivity contribution in [2.24, 2.45) is 5.92 Å². The fraction of sp³-hybridized carbons (Fsp3) is 0.417. The van der Waals surface area contributed by atoms with Gasteiger partial charge in [-0.25, -0.2) is 0 Å². The highest BCUT2D eigenvalue weighted by atomic mass is 16.5. The van der Waals surface area contributed by atoms with Crippen LogP contribution in [-0.2, 0) is 16.1 Å². The van der Waals surface area contributed by atoms with E-state index in [1.54, 1.807) is 12.0 Å². The molecule has 0 aliphatic carbocycles. The molecular formula is C24H30N2O4. The van der Waals surface area contributed by atoms with E-state index in [4.69, 9.17) is 9.47 Å². The number of ether oxygens (including phenoxy) is 2. The molecule has 0 fully saturated rings. The van der Waals surface area contributed by atoms with E-state index in [0.29, 0.717) is 30.6 Å². The second-order valence-corrected chi connectivity index (χ2v) is 8.09. The van der Waals surface area contributed by atoms with Gasteiger partial charge in [-0.1, -0.05) is 38.1 Å². The quantitative estimate of drug-likeness (QED) is 0.710. The average Bonchev–Trinajstić information content (AvgIpc) is 2.95. The van der Waals surface area contributed by atoms with Gasteiger partial charge >= 0.3 is 0 Å². The Labute approximate surface area is 178 Å². The second-order valence-electron chi connectivity index (χ2n) is 8.09. The van der Waals surface area contributed by atoms with Crippen molar-refractivity contribution in [1.82, 2.24) is 5.32 Å². The van der Waals surface area contributed by atoms with Gasteiger partial charge in [0.1, 0.15) is 6.04 Å². The molecule has 1 aliphatic rings. The van der Waals surface area contributed by atoms with Gasteiger partial charge in [0.2, 0.25) is 5.91 Å². The molecule has 2 aromatic rings. The fourth-order valence-corrected chi connectivity index (χ4v) is 3.70. The zero-order valence-electron chi connectivity index (χ0n) is 18.3. The van der Waals surface area contributed by atoms with Crippen molar-refractivity contribution in [2.75, 3.05) is 18.6 Å². The van der Waals surface area contributed by atoms with Crippen molar-refractivity contribution in [3.05, 3.63) is 53.1 Å². The number of carbonyl (C=O) groups is 2. The zero-order valence-corrected chi connectivity index (χ0v) is 18.3. The van der Waals surface area contributed by atoms with Crippen LogP contribution < -0.4 is 19.7 Å². The van der Waals surface area contributed by atoms with E-state index >= 15 is 0 Å². The molecule has 0 saturated carbocycles. The first kappa shape index (κ1) is 21.7. The highest BCUT2D eigenvalue weighted by Crippen LogP contribution is 2.40. The molecule has 6 heteroatoms. The highest BCUT2D eigenvalue weighted by molar-refractivity contribution is 6.06. The molecule has 160 valence electrons. The average molecular weight is 411 g/mol. The first-order chi connectivity index (χ1) is 14.3. The Kier molecular flexibility index (Phi) is 6.65. The smallest absolute Gasteiger partial charge is 0.254 e.